The number of oxazole rings is 1. The van der Waals surface area contributed by atoms with Crippen molar-refractivity contribution in [3.8, 4) is 17.2 Å². The molecule has 1 heterocycles. The molecule has 3 rings (SSSR count). The van der Waals surface area contributed by atoms with Crippen LogP contribution in [0.5, 0.6) is 5.75 Å². The van der Waals surface area contributed by atoms with Crippen LogP contribution >= 0.6 is 0 Å². The quantitative estimate of drug-likeness (QED) is 0.581. The standard InChI is InChI=1S/C23H28N2O2/c1-5-17-6-8-18(9-7-17)22(16(2)3)24-14-20-15-27-23(25-20)19-10-12-21(26-4)13-11-19/h6-13,15-16,22,24H,5,14H2,1-4H3. The molecule has 4 nitrogen and oxygen atoms in total. The van der Waals surface area contributed by atoms with Gasteiger partial charge in [-0.25, -0.2) is 4.98 Å². The molecule has 0 saturated heterocycles. The Morgan fingerprint density at radius 1 is 1.04 bits per heavy atom. The lowest BCUT2D eigenvalue weighted by molar-refractivity contribution is 0.408. The van der Waals surface area contributed by atoms with E-state index in [2.05, 4.69) is 55.3 Å². The van der Waals surface area contributed by atoms with Crippen molar-refractivity contribution in [1.82, 2.24) is 10.3 Å². The zero-order valence-corrected chi connectivity index (χ0v) is 16.5. The number of aromatic nitrogens is 1. The Bertz CT molecular complexity index is 836. The van der Waals surface area contributed by atoms with Gasteiger partial charge in [-0.15, -0.1) is 0 Å². The number of methoxy groups -OCH3 is 1. The number of ether oxygens (including phenoxy) is 1. The summed E-state index contributed by atoms with van der Waals surface area (Å²) in [5.74, 6) is 1.93. The lowest BCUT2D eigenvalue weighted by Crippen LogP contribution is -2.25. The molecule has 0 aliphatic rings. The molecule has 3 aromatic rings. The summed E-state index contributed by atoms with van der Waals surface area (Å²) in [5, 5.41) is 3.63. The Hall–Kier alpha value is -2.59. The average Bonchev–Trinajstić information content (AvgIpc) is 3.17. The second-order valence-electron chi connectivity index (χ2n) is 7.07. The summed E-state index contributed by atoms with van der Waals surface area (Å²) in [7, 11) is 1.66. The van der Waals surface area contributed by atoms with Crippen LogP contribution in [0.2, 0.25) is 0 Å². The maximum absolute atomic E-state index is 5.66. The van der Waals surface area contributed by atoms with E-state index >= 15 is 0 Å². The molecule has 1 N–H and O–H groups in total. The number of hydrogen-bond donors (Lipinski definition) is 1. The van der Waals surface area contributed by atoms with Crippen molar-refractivity contribution in [1.29, 1.82) is 0 Å². The number of aryl methyl sites for hydroxylation is 1. The third kappa shape index (κ3) is 4.77. The number of rotatable bonds is 8. The molecule has 0 spiro atoms. The van der Waals surface area contributed by atoms with E-state index in [9.17, 15) is 0 Å². The Labute approximate surface area is 161 Å². The third-order valence-electron chi connectivity index (χ3n) is 4.81. The van der Waals surface area contributed by atoms with Crippen molar-refractivity contribution in [2.75, 3.05) is 7.11 Å². The summed E-state index contributed by atoms with van der Waals surface area (Å²) in [6, 6.07) is 16.9. The Kier molecular flexibility index (Phi) is 6.30. The van der Waals surface area contributed by atoms with Crippen molar-refractivity contribution in [2.45, 2.75) is 39.8 Å². The monoisotopic (exact) mass is 364 g/mol. The topological polar surface area (TPSA) is 47.3 Å². The molecule has 4 heteroatoms. The fraction of sp³-hybridized carbons (Fsp3) is 0.348. The highest BCUT2D eigenvalue weighted by Gasteiger charge is 2.16. The van der Waals surface area contributed by atoms with Gasteiger partial charge in [0, 0.05) is 18.2 Å². The molecule has 27 heavy (non-hydrogen) atoms. The van der Waals surface area contributed by atoms with Gasteiger partial charge in [0.1, 0.15) is 12.0 Å². The lowest BCUT2D eigenvalue weighted by Gasteiger charge is -2.22. The average molecular weight is 364 g/mol. The van der Waals surface area contributed by atoms with E-state index < -0.39 is 0 Å². The Morgan fingerprint density at radius 3 is 2.33 bits per heavy atom. The highest BCUT2D eigenvalue weighted by atomic mass is 16.5. The number of hydrogen-bond acceptors (Lipinski definition) is 4. The molecule has 1 atom stereocenters. The van der Waals surface area contributed by atoms with Crippen molar-refractivity contribution in [3.05, 3.63) is 71.6 Å². The van der Waals surface area contributed by atoms with E-state index in [4.69, 9.17) is 9.15 Å². The fourth-order valence-electron chi connectivity index (χ4n) is 3.17. The maximum Gasteiger partial charge on any atom is 0.226 e. The van der Waals surface area contributed by atoms with Gasteiger partial charge in [-0.2, -0.15) is 0 Å². The van der Waals surface area contributed by atoms with Gasteiger partial charge < -0.3 is 14.5 Å². The summed E-state index contributed by atoms with van der Waals surface area (Å²) in [4.78, 5) is 4.62. The van der Waals surface area contributed by atoms with Gasteiger partial charge in [-0.3, -0.25) is 0 Å². The highest BCUT2D eigenvalue weighted by molar-refractivity contribution is 5.54. The van der Waals surface area contributed by atoms with Gasteiger partial charge in [-0.1, -0.05) is 45.0 Å². The zero-order chi connectivity index (χ0) is 19.2. The van der Waals surface area contributed by atoms with Gasteiger partial charge in [-0.05, 0) is 47.7 Å². The predicted molar refractivity (Wildman–Crippen MR) is 109 cm³/mol. The molecular formula is C23H28N2O2. The molecule has 0 radical (unpaired) electrons. The van der Waals surface area contributed by atoms with E-state index in [-0.39, 0.29) is 6.04 Å². The summed E-state index contributed by atoms with van der Waals surface area (Å²) in [5.41, 5.74) is 4.51. The van der Waals surface area contributed by atoms with Crippen molar-refractivity contribution in [3.63, 3.8) is 0 Å². The number of nitrogens with one attached hydrogen (secondary N) is 1. The van der Waals surface area contributed by atoms with E-state index in [1.165, 1.54) is 11.1 Å². The molecule has 1 aromatic heterocycles. The molecule has 142 valence electrons. The molecule has 0 fully saturated rings. The number of nitrogens with zero attached hydrogens (tertiary/aromatic N) is 1. The van der Waals surface area contributed by atoms with E-state index in [1.807, 2.05) is 24.3 Å². The van der Waals surface area contributed by atoms with Crippen LogP contribution in [0.15, 0.2) is 59.2 Å². The largest absolute Gasteiger partial charge is 0.497 e. The Balaban J connectivity index is 1.67. The summed E-state index contributed by atoms with van der Waals surface area (Å²) >= 11 is 0. The molecule has 0 amide bonds. The molecule has 1 unspecified atom stereocenters. The normalized spacial score (nSPS) is 12.3. The fourth-order valence-corrected chi connectivity index (χ4v) is 3.17. The minimum atomic E-state index is 0.275. The van der Waals surface area contributed by atoms with Crippen molar-refractivity contribution in [2.24, 2.45) is 5.92 Å². The van der Waals surface area contributed by atoms with Crippen molar-refractivity contribution >= 4 is 0 Å². The van der Waals surface area contributed by atoms with Crippen LogP contribution in [0.3, 0.4) is 0 Å². The first-order valence-corrected chi connectivity index (χ1v) is 9.51. The van der Waals surface area contributed by atoms with Crippen LogP contribution in [-0.2, 0) is 13.0 Å². The van der Waals surface area contributed by atoms with Crippen LogP contribution in [0.1, 0.15) is 43.6 Å². The molecule has 0 aliphatic carbocycles. The zero-order valence-electron chi connectivity index (χ0n) is 16.5. The Morgan fingerprint density at radius 2 is 1.74 bits per heavy atom. The predicted octanol–water partition coefficient (Wildman–Crippen LogP) is 5.40. The van der Waals surface area contributed by atoms with Gasteiger partial charge in [0.15, 0.2) is 0 Å². The smallest absolute Gasteiger partial charge is 0.226 e. The highest BCUT2D eigenvalue weighted by Crippen LogP contribution is 2.24. The SMILES string of the molecule is CCc1ccc(C(NCc2coc(-c3ccc(OC)cc3)n2)C(C)C)cc1. The van der Waals surface area contributed by atoms with Crippen LogP contribution in [-0.4, -0.2) is 12.1 Å². The molecule has 0 bridgehead atoms. The third-order valence-corrected chi connectivity index (χ3v) is 4.81. The van der Waals surface area contributed by atoms with E-state index in [0.29, 0.717) is 18.4 Å². The first-order valence-electron chi connectivity index (χ1n) is 9.51. The van der Waals surface area contributed by atoms with Gasteiger partial charge in [0.2, 0.25) is 5.89 Å². The molecule has 2 aromatic carbocycles. The first-order chi connectivity index (χ1) is 13.1. The minimum Gasteiger partial charge on any atom is -0.497 e. The van der Waals surface area contributed by atoms with Gasteiger partial charge in [0.05, 0.1) is 12.8 Å². The lowest BCUT2D eigenvalue weighted by atomic mass is 9.95. The summed E-state index contributed by atoms with van der Waals surface area (Å²) < 4.78 is 10.9. The first kappa shape index (κ1) is 19.2. The van der Waals surface area contributed by atoms with Gasteiger partial charge in [0.25, 0.3) is 0 Å². The van der Waals surface area contributed by atoms with Crippen LogP contribution in [0.4, 0.5) is 0 Å². The van der Waals surface area contributed by atoms with Crippen LogP contribution < -0.4 is 10.1 Å². The van der Waals surface area contributed by atoms with E-state index in [0.717, 1.165) is 23.4 Å². The van der Waals surface area contributed by atoms with Crippen LogP contribution in [0, 0.1) is 5.92 Å². The molecular weight excluding hydrogens is 336 g/mol. The van der Waals surface area contributed by atoms with Crippen LogP contribution in [0.25, 0.3) is 11.5 Å². The summed E-state index contributed by atoms with van der Waals surface area (Å²) in [6.07, 6.45) is 2.79. The second-order valence-corrected chi connectivity index (χ2v) is 7.07. The second kappa shape index (κ2) is 8.87. The summed E-state index contributed by atoms with van der Waals surface area (Å²) in [6.45, 7) is 7.31. The molecule has 0 aliphatic heterocycles. The molecule has 0 saturated carbocycles. The minimum absolute atomic E-state index is 0.275. The maximum atomic E-state index is 5.66. The van der Waals surface area contributed by atoms with Gasteiger partial charge >= 0.3 is 0 Å². The van der Waals surface area contributed by atoms with E-state index in [1.54, 1.807) is 13.4 Å². The van der Waals surface area contributed by atoms with Crippen molar-refractivity contribution < 1.29 is 9.15 Å². The number of benzene rings is 2.